The molecule has 0 aliphatic carbocycles. The number of hydrogen-bond acceptors (Lipinski definition) is 11. The van der Waals surface area contributed by atoms with Crippen LogP contribution in [0.15, 0.2) is 83.8 Å². The van der Waals surface area contributed by atoms with Crippen molar-refractivity contribution in [1.29, 1.82) is 0 Å². The summed E-state index contributed by atoms with van der Waals surface area (Å²) in [5, 5.41) is 11.3. The number of para-hydroxylation sites is 1. The third kappa shape index (κ3) is 8.64. The summed E-state index contributed by atoms with van der Waals surface area (Å²) in [5.74, 6) is -1.80. The van der Waals surface area contributed by atoms with E-state index < -0.39 is 46.8 Å². The average molecular weight is 764 g/mol. The minimum Gasteiger partial charge on any atom is -0.497 e. The zero-order chi connectivity index (χ0) is 38.6. The summed E-state index contributed by atoms with van der Waals surface area (Å²) in [6, 6.07) is 21.7. The molecule has 6 atom stereocenters. The van der Waals surface area contributed by atoms with Crippen LogP contribution in [-0.2, 0) is 28.7 Å². The Morgan fingerprint density at radius 2 is 1.62 bits per heavy atom. The Hall–Kier alpha value is -4.57. The number of nitrogens with two attached hydrogens (primary N) is 1. The van der Waals surface area contributed by atoms with Gasteiger partial charge in [-0.15, -0.1) is 23.5 Å². The number of carboxylic acids is 1. The number of carbonyl (C=O) groups excluding carboxylic acids is 4. The molecule has 3 amide bonds. The molecule has 0 radical (unpaired) electrons. The number of nitrogens with one attached hydrogen (secondary N) is 1. The number of esters is 1. The van der Waals surface area contributed by atoms with Crippen molar-refractivity contribution in [1.82, 2.24) is 15.1 Å². The summed E-state index contributed by atoms with van der Waals surface area (Å²) in [5.41, 5.74) is 8.34. The number of likely N-dealkylation sites (N-methyl/N-ethyl adjacent to an activating group) is 1. The van der Waals surface area contributed by atoms with E-state index in [0.29, 0.717) is 18.7 Å². The van der Waals surface area contributed by atoms with Gasteiger partial charge in [0.1, 0.15) is 29.2 Å². The minimum absolute atomic E-state index is 0.208. The van der Waals surface area contributed by atoms with Crippen LogP contribution in [0.2, 0.25) is 0 Å². The van der Waals surface area contributed by atoms with E-state index in [4.69, 9.17) is 15.2 Å². The lowest BCUT2D eigenvalue weighted by Crippen LogP contribution is -2.71. The standard InChI is InChI=1S/C22H26N2O4S.C16H19N3O4S/c1-15(25)28-20-21(16-9-11-17(27-4)12-10-16)29-19-8-6-5-7-18(19)24(22(20)26)14-13-23(2)3;1-16(2)11(15(22)23)19-13(21)10(14(19)24-16)18-12(20)9(17)8-6-4-3-5-7-8/h5-12,20-21H,13-14H2,1-4H3;3-7,9-11,14H,17H2,1-2H3,(H,18,20)(H,22,23)/t20-,21+;9-,10-,11+,14-/m01/s1. The number of methoxy groups -OCH3 is 1. The first-order valence-electron chi connectivity index (χ1n) is 17.0. The molecular formula is C38H45N5O8S2. The second-order valence-corrected chi connectivity index (χ2v) is 16.5. The lowest BCUT2D eigenvalue weighted by atomic mass is 9.95. The van der Waals surface area contributed by atoms with Gasteiger partial charge in [-0.05, 0) is 63.3 Å². The van der Waals surface area contributed by atoms with Gasteiger partial charge in [0.25, 0.3) is 5.91 Å². The van der Waals surface area contributed by atoms with Gasteiger partial charge in [-0.1, -0.05) is 54.6 Å². The van der Waals surface area contributed by atoms with Crippen molar-refractivity contribution >= 4 is 58.9 Å². The fourth-order valence-electron chi connectivity index (χ4n) is 6.44. The number of fused-ring (bicyclic) bond motifs is 2. The third-order valence-corrected chi connectivity index (χ3v) is 12.1. The normalized spacial score (nSPS) is 23.4. The maximum absolute atomic E-state index is 13.6. The fourth-order valence-corrected chi connectivity index (χ4v) is 9.38. The molecule has 0 aromatic heterocycles. The van der Waals surface area contributed by atoms with Crippen LogP contribution in [0, 0.1) is 0 Å². The monoisotopic (exact) mass is 763 g/mol. The van der Waals surface area contributed by atoms with Gasteiger partial charge >= 0.3 is 11.9 Å². The molecule has 3 aromatic carbocycles. The Morgan fingerprint density at radius 1 is 0.981 bits per heavy atom. The lowest BCUT2D eigenvalue weighted by molar-refractivity contribution is -0.161. The molecule has 3 heterocycles. The van der Waals surface area contributed by atoms with Gasteiger partial charge in [-0.2, -0.15) is 0 Å². The van der Waals surface area contributed by atoms with Crippen LogP contribution in [0.4, 0.5) is 5.69 Å². The summed E-state index contributed by atoms with van der Waals surface area (Å²) in [7, 11) is 5.54. The van der Waals surface area contributed by atoms with Gasteiger partial charge in [-0.3, -0.25) is 19.2 Å². The number of hydrogen-bond donors (Lipinski definition) is 3. The van der Waals surface area contributed by atoms with Crippen LogP contribution in [0.1, 0.15) is 43.2 Å². The molecule has 0 unspecified atom stereocenters. The first-order valence-corrected chi connectivity index (χ1v) is 18.8. The maximum atomic E-state index is 13.6. The Labute approximate surface area is 317 Å². The summed E-state index contributed by atoms with van der Waals surface area (Å²) >= 11 is 2.93. The van der Waals surface area contributed by atoms with E-state index in [1.807, 2.05) is 73.6 Å². The number of thioether (sulfide) groups is 2. The number of β-lactam (4-membered cyclic amide) rings is 1. The largest absolute Gasteiger partial charge is 0.497 e. The highest BCUT2D eigenvalue weighted by atomic mass is 32.2. The van der Waals surface area contributed by atoms with Crippen molar-refractivity contribution in [2.24, 2.45) is 5.73 Å². The van der Waals surface area contributed by atoms with Crippen molar-refractivity contribution in [2.45, 2.75) is 65.3 Å². The molecule has 2 saturated heterocycles. The molecule has 3 aliphatic heterocycles. The van der Waals surface area contributed by atoms with E-state index in [1.54, 1.807) is 61.9 Å². The van der Waals surface area contributed by atoms with Gasteiger partial charge < -0.3 is 40.3 Å². The first-order chi connectivity index (χ1) is 25.1. The van der Waals surface area contributed by atoms with Crippen molar-refractivity contribution in [3.05, 3.63) is 90.0 Å². The Morgan fingerprint density at radius 3 is 2.23 bits per heavy atom. The quantitative estimate of drug-likeness (QED) is 0.203. The SMILES string of the molecule is CC1(C)S[C@@H]2[C@H](NC(=O)[C@H](N)c3ccccc3)C(=O)N2[C@H]1C(=O)O.COc1ccc([C@H]2Sc3ccccc3N(CCN(C)C)C(=O)[C@H]2OC(C)=O)cc1. The Bertz CT molecular complexity index is 1830. The van der Waals surface area contributed by atoms with Gasteiger partial charge in [-0.25, -0.2) is 4.79 Å². The molecule has 3 aliphatic rings. The van der Waals surface area contributed by atoms with Gasteiger partial charge in [0, 0.05) is 29.7 Å². The van der Waals surface area contributed by atoms with E-state index in [1.165, 1.54) is 23.6 Å². The molecule has 6 rings (SSSR count). The highest BCUT2D eigenvalue weighted by molar-refractivity contribution is 8.01. The predicted octanol–water partition coefficient (Wildman–Crippen LogP) is 3.69. The second kappa shape index (κ2) is 16.6. The number of carbonyl (C=O) groups is 5. The number of benzene rings is 3. The highest BCUT2D eigenvalue weighted by Gasteiger charge is 2.64. The maximum Gasteiger partial charge on any atom is 0.327 e. The van der Waals surface area contributed by atoms with Crippen molar-refractivity contribution in [3.63, 3.8) is 0 Å². The number of carboxylic acid groups (broad SMARTS) is 1. The number of ether oxygens (including phenoxy) is 2. The Kier molecular flexibility index (Phi) is 12.4. The van der Waals surface area contributed by atoms with Crippen LogP contribution in [0.5, 0.6) is 5.75 Å². The zero-order valence-electron chi connectivity index (χ0n) is 30.4. The second-order valence-electron chi connectivity index (χ2n) is 13.6. The number of amides is 3. The van der Waals surface area contributed by atoms with Gasteiger partial charge in [0.15, 0.2) is 6.10 Å². The van der Waals surface area contributed by atoms with Gasteiger partial charge in [0.2, 0.25) is 11.8 Å². The highest BCUT2D eigenvalue weighted by Crippen LogP contribution is 2.51. The molecule has 0 saturated carbocycles. The zero-order valence-corrected chi connectivity index (χ0v) is 32.1. The minimum atomic E-state index is -1.03. The predicted molar refractivity (Wildman–Crippen MR) is 204 cm³/mol. The summed E-state index contributed by atoms with van der Waals surface area (Å²) < 4.78 is 10.2. The molecule has 4 N–H and O–H groups in total. The average Bonchev–Trinajstić information content (AvgIpc) is 3.33. The summed E-state index contributed by atoms with van der Waals surface area (Å²) in [6.07, 6.45) is -0.916. The van der Waals surface area contributed by atoms with E-state index in [0.717, 1.165) is 21.9 Å². The molecule has 0 spiro atoms. The topological polar surface area (TPSA) is 172 Å². The van der Waals surface area contributed by atoms with E-state index in [2.05, 4.69) is 5.32 Å². The van der Waals surface area contributed by atoms with E-state index in [-0.39, 0.29) is 22.4 Å². The summed E-state index contributed by atoms with van der Waals surface area (Å²) in [4.78, 5) is 67.6. The number of anilines is 1. The van der Waals surface area contributed by atoms with Crippen molar-refractivity contribution in [3.8, 4) is 5.75 Å². The van der Waals surface area contributed by atoms with E-state index >= 15 is 0 Å². The summed E-state index contributed by atoms with van der Waals surface area (Å²) in [6.45, 7) is 6.12. The van der Waals surface area contributed by atoms with Crippen LogP contribution in [0.25, 0.3) is 0 Å². The molecule has 2 fully saturated rings. The van der Waals surface area contributed by atoms with Crippen LogP contribution >= 0.6 is 23.5 Å². The van der Waals surface area contributed by atoms with Crippen LogP contribution < -0.4 is 20.7 Å². The van der Waals surface area contributed by atoms with Crippen molar-refractivity contribution < 1.29 is 38.6 Å². The first kappa shape index (κ1) is 39.6. The fraction of sp³-hybridized carbons (Fsp3) is 0.395. The molecular weight excluding hydrogens is 719 g/mol. The molecule has 13 nitrogen and oxygen atoms in total. The Balaban J connectivity index is 0.000000208. The third-order valence-electron chi connectivity index (χ3n) is 9.12. The van der Waals surface area contributed by atoms with Crippen LogP contribution in [-0.4, -0.2) is 107 Å². The lowest BCUT2D eigenvalue weighted by Gasteiger charge is -2.43. The number of aliphatic carboxylic acids is 1. The van der Waals surface area contributed by atoms with Crippen molar-refractivity contribution in [2.75, 3.05) is 39.2 Å². The van der Waals surface area contributed by atoms with Crippen LogP contribution in [0.3, 0.4) is 0 Å². The molecule has 53 heavy (non-hydrogen) atoms. The van der Waals surface area contributed by atoms with E-state index in [9.17, 15) is 29.1 Å². The molecule has 15 heteroatoms. The number of rotatable bonds is 10. The molecule has 282 valence electrons. The molecule has 3 aromatic rings. The van der Waals surface area contributed by atoms with Gasteiger partial charge in [0.05, 0.1) is 18.0 Å². The number of nitrogens with zero attached hydrogens (tertiary/aromatic N) is 3. The smallest absolute Gasteiger partial charge is 0.327 e. The molecule has 0 bridgehead atoms.